The number of nitrogens with zero attached hydrogens (tertiary/aromatic N) is 1. The molecule has 0 spiro atoms. The van der Waals surface area contributed by atoms with Gasteiger partial charge in [0.25, 0.3) is 0 Å². The molecule has 2 bridgehead atoms. The number of rotatable bonds is 0. The van der Waals surface area contributed by atoms with Crippen molar-refractivity contribution in [1.29, 1.82) is 0 Å². The summed E-state index contributed by atoms with van der Waals surface area (Å²) in [5, 5.41) is 10.2. The third kappa shape index (κ3) is 1.20. The maximum atomic E-state index is 10.2. The van der Waals surface area contributed by atoms with E-state index in [2.05, 4.69) is 13.8 Å². The van der Waals surface area contributed by atoms with E-state index in [-0.39, 0.29) is 6.10 Å². The second-order valence-corrected chi connectivity index (χ2v) is 6.58. The molecule has 2 heterocycles. The van der Waals surface area contributed by atoms with Crippen LogP contribution in [-0.4, -0.2) is 42.7 Å². The SMILES string of the molecule is [B-][N+]12CC[C@@]3(C)C[C@@H](O)[C@H](C[C@H]31)[C@H](C)C2. The molecule has 2 aliphatic heterocycles. The van der Waals surface area contributed by atoms with E-state index in [0.29, 0.717) is 23.3 Å². The predicted molar refractivity (Wildman–Crippen MR) is 60.2 cm³/mol. The first-order valence-electron chi connectivity index (χ1n) is 6.28. The van der Waals surface area contributed by atoms with Crippen LogP contribution >= 0.6 is 0 Å². The van der Waals surface area contributed by atoms with Gasteiger partial charge in [0.1, 0.15) is 0 Å². The number of hydrogen-bond donors (Lipinski definition) is 1. The van der Waals surface area contributed by atoms with Crippen LogP contribution in [0.5, 0.6) is 0 Å². The Bertz CT molecular complexity index is 271. The van der Waals surface area contributed by atoms with Crippen LogP contribution in [0.4, 0.5) is 0 Å². The molecule has 3 fully saturated rings. The van der Waals surface area contributed by atoms with Crippen molar-refractivity contribution >= 4 is 7.98 Å². The van der Waals surface area contributed by atoms with Crippen LogP contribution in [0.3, 0.4) is 0 Å². The zero-order valence-corrected chi connectivity index (χ0v) is 9.82. The van der Waals surface area contributed by atoms with Crippen LogP contribution in [0.15, 0.2) is 0 Å². The number of hydrogen-bond acceptors (Lipinski definition) is 1. The van der Waals surface area contributed by atoms with Crippen molar-refractivity contribution in [2.24, 2.45) is 17.3 Å². The lowest BCUT2D eigenvalue weighted by Gasteiger charge is -2.63. The van der Waals surface area contributed by atoms with Gasteiger partial charge in [-0.3, -0.25) is 0 Å². The summed E-state index contributed by atoms with van der Waals surface area (Å²) in [7, 11) is 6.53. The summed E-state index contributed by atoms with van der Waals surface area (Å²) in [4.78, 5) is 0. The lowest BCUT2D eigenvalue weighted by molar-refractivity contribution is -0.848. The van der Waals surface area contributed by atoms with Crippen molar-refractivity contribution in [2.45, 2.75) is 45.3 Å². The van der Waals surface area contributed by atoms with E-state index in [9.17, 15) is 5.11 Å². The Balaban J connectivity index is 2.00. The smallest absolute Gasteiger partial charge is 0.0582 e. The summed E-state index contributed by atoms with van der Waals surface area (Å²) in [5.41, 5.74) is 0.310. The maximum Gasteiger partial charge on any atom is 0.0582 e. The standard InChI is InChI=1S/C12H21BNO/c1-8-7-14(13)4-3-12(2)6-10(15)9(8)5-11(12)14/h8-11,15H,3-7H2,1-2H3/t8-,9-,10-,11-,12+,14?/m1/s1. The van der Waals surface area contributed by atoms with E-state index in [0.717, 1.165) is 30.3 Å². The molecule has 15 heavy (non-hydrogen) atoms. The average molecular weight is 206 g/mol. The van der Waals surface area contributed by atoms with E-state index < -0.39 is 0 Å². The molecule has 0 aromatic rings. The third-order valence-corrected chi connectivity index (χ3v) is 5.55. The van der Waals surface area contributed by atoms with E-state index in [1.54, 1.807) is 0 Å². The van der Waals surface area contributed by atoms with Crippen molar-refractivity contribution < 1.29 is 9.50 Å². The minimum absolute atomic E-state index is 0.0758. The van der Waals surface area contributed by atoms with Crippen molar-refractivity contribution in [2.75, 3.05) is 13.1 Å². The van der Waals surface area contributed by atoms with Gasteiger partial charge in [-0.25, -0.2) is 7.98 Å². The lowest BCUT2D eigenvalue weighted by Crippen LogP contribution is -2.64. The first-order valence-corrected chi connectivity index (χ1v) is 6.28. The van der Waals surface area contributed by atoms with E-state index >= 15 is 0 Å². The minimum Gasteiger partial charge on any atom is -0.585 e. The topological polar surface area (TPSA) is 20.2 Å². The third-order valence-electron chi connectivity index (χ3n) is 5.55. The van der Waals surface area contributed by atoms with Gasteiger partial charge in [0.15, 0.2) is 0 Å². The highest BCUT2D eigenvalue weighted by Crippen LogP contribution is 2.55. The number of aliphatic hydroxyl groups excluding tert-OH is 1. The van der Waals surface area contributed by atoms with Crippen LogP contribution in [0.1, 0.15) is 33.1 Å². The Morgan fingerprint density at radius 1 is 1.47 bits per heavy atom. The second kappa shape index (κ2) is 2.81. The number of piperidine rings is 1. The zero-order valence-electron chi connectivity index (χ0n) is 9.82. The summed E-state index contributed by atoms with van der Waals surface area (Å²) in [5.74, 6) is 1.10. The fraction of sp³-hybridized carbons (Fsp3) is 1.00. The molecule has 1 aliphatic carbocycles. The maximum absolute atomic E-state index is 10.2. The van der Waals surface area contributed by atoms with Gasteiger partial charge >= 0.3 is 0 Å². The van der Waals surface area contributed by atoms with E-state index in [1.165, 1.54) is 6.42 Å². The van der Waals surface area contributed by atoms with Gasteiger partial charge < -0.3 is 9.50 Å². The molecule has 0 amide bonds. The first kappa shape index (κ1) is 10.2. The van der Waals surface area contributed by atoms with Crippen LogP contribution < -0.4 is 0 Å². The van der Waals surface area contributed by atoms with Gasteiger partial charge in [-0.1, -0.05) is 13.8 Å². The second-order valence-electron chi connectivity index (χ2n) is 6.58. The molecule has 1 unspecified atom stereocenters. The van der Waals surface area contributed by atoms with Gasteiger partial charge in [-0.15, -0.1) is 0 Å². The zero-order chi connectivity index (χ0) is 10.8. The molecule has 6 atom stereocenters. The molecule has 0 aromatic heterocycles. The molecule has 2 saturated heterocycles. The van der Waals surface area contributed by atoms with Crippen LogP contribution in [0.25, 0.3) is 0 Å². The van der Waals surface area contributed by atoms with Crippen molar-refractivity contribution in [3.63, 3.8) is 0 Å². The van der Waals surface area contributed by atoms with E-state index in [4.69, 9.17) is 7.98 Å². The molecule has 0 aromatic carbocycles. The molecule has 1 saturated carbocycles. The molecule has 3 heteroatoms. The van der Waals surface area contributed by atoms with E-state index in [1.807, 2.05) is 0 Å². The fourth-order valence-corrected chi connectivity index (χ4v) is 4.68. The molecular formula is C12H21BNO. The molecule has 3 radical (unpaired) electrons. The van der Waals surface area contributed by atoms with Gasteiger partial charge in [0.05, 0.1) is 6.10 Å². The Labute approximate surface area is 93.7 Å². The molecule has 83 valence electrons. The van der Waals surface area contributed by atoms with Gasteiger partial charge in [-0.2, -0.15) is 0 Å². The minimum atomic E-state index is -0.0758. The fourth-order valence-electron chi connectivity index (χ4n) is 4.68. The van der Waals surface area contributed by atoms with Crippen LogP contribution in [-0.2, 0) is 0 Å². The summed E-state index contributed by atoms with van der Waals surface area (Å²) < 4.78 is 0.793. The number of quaternary nitrogens is 1. The summed E-state index contributed by atoms with van der Waals surface area (Å²) in [6.45, 7) is 6.78. The normalized spacial score (nSPS) is 63.2. The van der Waals surface area contributed by atoms with Crippen molar-refractivity contribution in [3.8, 4) is 0 Å². The Kier molecular flexibility index (Phi) is 1.90. The van der Waals surface area contributed by atoms with Crippen LogP contribution in [0, 0.1) is 17.3 Å². The van der Waals surface area contributed by atoms with Crippen molar-refractivity contribution in [3.05, 3.63) is 0 Å². The Morgan fingerprint density at radius 2 is 2.20 bits per heavy atom. The monoisotopic (exact) mass is 206 g/mol. The average Bonchev–Trinajstić information content (AvgIpc) is 2.39. The van der Waals surface area contributed by atoms with Crippen LogP contribution in [0.2, 0.25) is 0 Å². The Morgan fingerprint density at radius 3 is 2.93 bits per heavy atom. The highest BCUT2D eigenvalue weighted by molar-refractivity contribution is 5.97. The lowest BCUT2D eigenvalue weighted by atomic mass is 9.61. The predicted octanol–water partition coefficient (Wildman–Crippen LogP) is 1.09. The molecular weight excluding hydrogens is 185 g/mol. The van der Waals surface area contributed by atoms with Crippen molar-refractivity contribution in [1.82, 2.24) is 0 Å². The quantitative estimate of drug-likeness (QED) is 0.588. The number of aliphatic hydroxyl groups is 1. The molecule has 3 rings (SSSR count). The highest BCUT2D eigenvalue weighted by Gasteiger charge is 2.57. The largest absolute Gasteiger partial charge is 0.585 e. The van der Waals surface area contributed by atoms with Gasteiger partial charge in [0, 0.05) is 43.3 Å². The molecule has 3 aliphatic rings. The summed E-state index contributed by atoms with van der Waals surface area (Å²) in [6, 6.07) is 0.613. The first-order chi connectivity index (χ1) is 6.95. The molecule has 1 N–H and O–H groups in total. The summed E-state index contributed by atoms with van der Waals surface area (Å²) >= 11 is 0. The highest BCUT2D eigenvalue weighted by atomic mass is 16.3. The molecule has 2 nitrogen and oxygen atoms in total. The Hall–Kier alpha value is -0.0151. The summed E-state index contributed by atoms with van der Waals surface area (Å²) in [6.07, 6.45) is 3.25. The van der Waals surface area contributed by atoms with Gasteiger partial charge in [-0.05, 0) is 12.3 Å². The number of fused-ring (bicyclic) bond motifs is 1. The van der Waals surface area contributed by atoms with Gasteiger partial charge in [0.2, 0.25) is 0 Å².